The molecule has 4 heterocycles. The first kappa shape index (κ1) is 47.9. The summed E-state index contributed by atoms with van der Waals surface area (Å²) >= 11 is 1.48. The van der Waals surface area contributed by atoms with Crippen LogP contribution in [0.15, 0.2) is 90.7 Å². The van der Waals surface area contributed by atoms with E-state index in [4.69, 9.17) is 0 Å². The van der Waals surface area contributed by atoms with E-state index in [2.05, 4.69) is 76.1 Å². The Morgan fingerprint density at radius 3 is 1.55 bits per heavy atom. The topological polar surface area (TPSA) is 148 Å². The van der Waals surface area contributed by atoms with Gasteiger partial charge in [0, 0.05) is 77.5 Å². The monoisotopic (exact) mass is 986 g/mol. The Morgan fingerprint density at radius 2 is 1.15 bits per heavy atom. The minimum Gasteiger partial charge on any atom is -0.267 e. The number of unbranched alkanes of at least 4 members (excludes halogenated alkanes) is 3. The summed E-state index contributed by atoms with van der Waals surface area (Å²) in [7, 11) is 3.56. The van der Waals surface area contributed by atoms with Crippen molar-refractivity contribution in [3.63, 3.8) is 0 Å². The molecule has 60 heavy (non-hydrogen) atoms. The van der Waals surface area contributed by atoms with Crippen molar-refractivity contribution in [1.82, 2.24) is 29.5 Å². The van der Waals surface area contributed by atoms with E-state index in [1.165, 1.54) is 49.0 Å². The SMILES string of the molecule is C=CCc1cc2c(-c3ccnc(C)c3)nn(C)c2cc1[N+](=O)[O-].C=C[CH2][Sn]([CH2]CCC)([CH2]CCC)[CH2]CCC.Cc1cc(-c2nn(C)c3cc([N+](=O)[O-])c(Br)cc23)ccn1. The summed E-state index contributed by atoms with van der Waals surface area (Å²) in [6.07, 6.45) is 16.4. The van der Waals surface area contributed by atoms with E-state index in [9.17, 15) is 20.2 Å². The summed E-state index contributed by atoms with van der Waals surface area (Å²) in [5.74, 6) is 0. The second-order valence-electron chi connectivity index (χ2n) is 15.4. The molecule has 0 fully saturated rings. The Hall–Kier alpha value is -4.76. The molecule has 0 aliphatic carbocycles. The zero-order valence-corrected chi connectivity index (χ0v) is 40.6. The van der Waals surface area contributed by atoms with Crippen molar-refractivity contribution in [3.8, 4) is 22.5 Å². The molecule has 0 aliphatic rings. The zero-order chi connectivity index (χ0) is 44.0. The minimum absolute atomic E-state index is 0.0305. The van der Waals surface area contributed by atoms with E-state index < -0.39 is 23.3 Å². The molecule has 6 rings (SSSR count). The average Bonchev–Trinajstić information content (AvgIpc) is 3.72. The predicted octanol–water partition coefficient (Wildman–Crippen LogP) is 13.2. The fourth-order valence-electron chi connectivity index (χ4n) is 7.69. The molecule has 0 atom stereocenters. The van der Waals surface area contributed by atoms with Gasteiger partial charge < -0.3 is 0 Å². The fourth-order valence-corrected chi connectivity index (χ4v) is 23.3. The van der Waals surface area contributed by atoms with Gasteiger partial charge in [0.2, 0.25) is 0 Å². The summed E-state index contributed by atoms with van der Waals surface area (Å²) in [5, 5.41) is 33.1. The molecule has 0 unspecified atom stereocenters. The summed E-state index contributed by atoms with van der Waals surface area (Å²) < 4.78 is 10.1. The van der Waals surface area contributed by atoms with Gasteiger partial charge in [0.1, 0.15) is 11.4 Å². The van der Waals surface area contributed by atoms with Crippen molar-refractivity contribution in [3.05, 3.63) is 128 Å². The number of hydrogen-bond acceptors (Lipinski definition) is 8. The van der Waals surface area contributed by atoms with Crippen LogP contribution in [0.5, 0.6) is 0 Å². The number of pyridine rings is 2. The van der Waals surface area contributed by atoms with Crippen LogP contribution in [0.4, 0.5) is 11.4 Å². The van der Waals surface area contributed by atoms with Crippen LogP contribution >= 0.6 is 15.9 Å². The fraction of sp³-hybridized carbons (Fsp3) is 0.391. The number of nitrogens with zero attached hydrogens (tertiary/aromatic N) is 8. The van der Waals surface area contributed by atoms with Gasteiger partial charge in [0.15, 0.2) is 0 Å². The van der Waals surface area contributed by atoms with E-state index in [0.717, 1.165) is 55.7 Å². The van der Waals surface area contributed by atoms with Gasteiger partial charge in [0.05, 0.1) is 25.4 Å². The Balaban J connectivity index is 0.000000202. The van der Waals surface area contributed by atoms with Gasteiger partial charge in [-0.3, -0.25) is 39.6 Å². The number of aryl methyl sites for hydroxylation is 4. The quantitative estimate of drug-likeness (QED) is 0.0380. The first-order chi connectivity index (χ1) is 28.7. The normalized spacial score (nSPS) is 11.1. The van der Waals surface area contributed by atoms with Crippen molar-refractivity contribution >= 4 is 67.5 Å². The summed E-state index contributed by atoms with van der Waals surface area (Å²) in [4.78, 5) is 29.9. The molecule has 4 aromatic heterocycles. The first-order valence-corrected chi connectivity index (χ1v) is 29.6. The molecule has 0 spiro atoms. The molecule has 12 nitrogen and oxygen atoms in total. The first-order valence-electron chi connectivity index (χ1n) is 20.7. The van der Waals surface area contributed by atoms with Crippen LogP contribution in [0.25, 0.3) is 44.3 Å². The molecule has 14 heteroatoms. The van der Waals surface area contributed by atoms with Crippen LogP contribution in [0, 0.1) is 34.1 Å². The minimum atomic E-state index is -1.78. The molecule has 0 aliphatic heterocycles. The van der Waals surface area contributed by atoms with E-state index in [1.54, 1.807) is 67.4 Å². The molecule has 0 bridgehead atoms. The van der Waals surface area contributed by atoms with E-state index in [0.29, 0.717) is 16.5 Å². The second-order valence-corrected chi connectivity index (χ2v) is 30.3. The number of halogens is 1. The number of aromatic nitrogens is 6. The van der Waals surface area contributed by atoms with E-state index in [-0.39, 0.29) is 16.3 Å². The summed E-state index contributed by atoms with van der Waals surface area (Å²) in [5.41, 5.74) is 7.47. The van der Waals surface area contributed by atoms with E-state index in [1.807, 2.05) is 44.2 Å². The third-order valence-electron chi connectivity index (χ3n) is 10.8. The number of allylic oxidation sites excluding steroid dienone is 2. The van der Waals surface area contributed by atoms with Crippen LogP contribution in [0.1, 0.15) is 76.2 Å². The van der Waals surface area contributed by atoms with Crippen LogP contribution in [-0.4, -0.2) is 57.8 Å². The van der Waals surface area contributed by atoms with Crippen molar-refractivity contribution in [2.45, 2.75) is 97.3 Å². The molecule has 318 valence electrons. The van der Waals surface area contributed by atoms with Crippen LogP contribution in [0.2, 0.25) is 17.7 Å². The van der Waals surface area contributed by atoms with Crippen molar-refractivity contribution in [2.24, 2.45) is 14.1 Å². The molecule has 0 saturated carbocycles. The standard InChI is InChI=1S/C17H16N4O2.C14H11BrN4O2.3C4H9.C3H5.Sn/c1-4-5-12-9-14-16(10-15(12)21(22)23)20(3)19-17(14)13-6-7-18-11(2)8-13;1-8-5-9(3-4-16-8)14-10-6-11(15)13(19(20)21)7-12(10)18(2)17-14;3*1-3-4-2;1-3-2;/h4,6-10H,1,5H2,2-3H3;3-7H,1-2H3;3*1,3-4H2,2H3;3H,1-2H2;. The third kappa shape index (κ3) is 12.2. The van der Waals surface area contributed by atoms with E-state index >= 15 is 0 Å². The zero-order valence-electron chi connectivity index (χ0n) is 36.2. The molecule has 0 saturated heterocycles. The summed E-state index contributed by atoms with van der Waals surface area (Å²) in [6.45, 7) is 18.5. The van der Waals surface area contributed by atoms with Crippen LogP contribution in [-0.2, 0) is 20.5 Å². The summed E-state index contributed by atoms with van der Waals surface area (Å²) in [6, 6.07) is 14.4. The van der Waals surface area contributed by atoms with Crippen molar-refractivity contribution in [2.75, 3.05) is 0 Å². The van der Waals surface area contributed by atoms with Crippen LogP contribution < -0.4 is 0 Å². The Morgan fingerprint density at radius 1 is 0.700 bits per heavy atom. The van der Waals surface area contributed by atoms with Gasteiger partial charge in [-0.15, -0.1) is 6.58 Å². The predicted molar refractivity (Wildman–Crippen MR) is 252 cm³/mol. The number of nitro benzene ring substituents is 2. The van der Waals surface area contributed by atoms with Gasteiger partial charge in [-0.2, -0.15) is 10.2 Å². The van der Waals surface area contributed by atoms with Crippen molar-refractivity contribution in [1.29, 1.82) is 0 Å². The molecule has 0 radical (unpaired) electrons. The maximum absolute atomic E-state index is 11.3. The third-order valence-corrected chi connectivity index (χ3v) is 26.9. The maximum atomic E-state index is 11.3. The number of benzene rings is 2. The average molecular weight is 987 g/mol. The molecule has 0 N–H and O–H groups in total. The van der Waals surface area contributed by atoms with Gasteiger partial charge in [-0.1, -0.05) is 6.08 Å². The molecular weight excluding hydrogens is 927 g/mol. The number of rotatable bonds is 17. The number of fused-ring (bicyclic) bond motifs is 2. The molecule has 6 aromatic rings. The Labute approximate surface area is 366 Å². The van der Waals surface area contributed by atoms with Gasteiger partial charge in [-0.25, -0.2) is 0 Å². The van der Waals surface area contributed by atoms with Gasteiger partial charge in [0.25, 0.3) is 11.4 Å². The number of hydrogen-bond donors (Lipinski definition) is 0. The maximum Gasteiger partial charge on any atom is 0.285 e. The molecular formula is C46H59BrN8O4Sn. The molecule has 2 aromatic carbocycles. The Kier molecular flexibility index (Phi) is 18.2. The van der Waals surface area contributed by atoms with Crippen molar-refractivity contribution < 1.29 is 9.85 Å². The van der Waals surface area contributed by atoms with Gasteiger partial charge in [-0.05, 0) is 72.6 Å². The number of nitro groups is 2. The van der Waals surface area contributed by atoms with Gasteiger partial charge >= 0.3 is 108 Å². The second kappa shape index (κ2) is 22.7. The largest absolute Gasteiger partial charge is 0.285 e. The Bertz CT molecular complexity index is 2420. The molecule has 0 amide bonds. The smallest absolute Gasteiger partial charge is 0.267 e. The van der Waals surface area contributed by atoms with Crippen LogP contribution in [0.3, 0.4) is 0 Å².